The zero-order valence-corrected chi connectivity index (χ0v) is 11.2. The van der Waals surface area contributed by atoms with E-state index < -0.39 is 0 Å². The van der Waals surface area contributed by atoms with Gasteiger partial charge in [0.2, 0.25) is 0 Å². The molecule has 2 unspecified atom stereocenters. The zero-order valence-electron chi connectivity index (χ0n) is 11.2. The number of benzene rings is 1. The minimum absolute atomic E-state index is 0.177. The maximum atomic E-state index is 3.74. The fourth-order valence-corrected chi connectivity index (χ4v) is 2.61. The first-order valence-corrected chi connectivity index (χ1v) is 6.62. The van der Waals surface area contributed by atoms with Gasteiger partial charge in [0.1, 0.15) is 0 Å². The molecule has 1 aromatic carbocycles. The lowest BCUT2D eigenvalue weighted by Gasteiger charge is -2.38. The highest BCUT2D eigenvalue weighted by atomic mass is 15.1. The summed E-state index contributed by atoms with van der Waals surface area (Å²) in [6.07, 6.45) is 2.51. The van der Waals surface area contributed by atoms with Crippen molar-refractivity contribution in [2.24, 2.45) is 0 Å². The maximum Gasteiger partial charge on any atom is 0.0476 e. The van der Waals surface area contributed by atoms with E-state index in [1.165, 1.54) is 18.4 Å². The van der Waals surface area contributed by atoms with Gasteiger partial charge in [-0.2, -0.15) is 0 Å². The van der Waals surface area contributed by atoms with Crippen molar-refractivity contribution in [3.05, 3.63) is 35.9 Å². The Labute approximate surface area is 105 Å². The van der Waals surface area contributed by atoms with Crippen molar-refractivity contribution >= 4 is 0 Å². The quantitative estimate of drug-likeness (QED) is 0.819. The fraction of sp³-hybridized carbons (Fsp3) is 0.600. The second kappa shape index (κ2) is 5.19. The van der Waals surface area contributed by atoms with Gasteiger partial charge in [-0.3, -0.25) is 0 Å². The minimum atomic E-state index is 0.177. The van der Waals surface area contributed by atoms with Gasteiger partial charge >= 0.3 is 0 Å². The summed E-state index contributed by atoms with van der Waals surface area (Å²) in [5.74, 6) is 0. The molecule has 0 saturated carbocycles. The highest BCUT2D eigenvalue weighted by Crippen LogP contribution is 2.25. The minimum Gasteiger partial charge on any atom is -0.309 e. The summed E-state index contributed by atoms with van der Waals surface area (Å²) in [5.41, 5.74) is 1.57. The van der Waals surface area contributed by atoms with Gasteiger partial charge in [0.25, 0.3) is 0 Å². The predicted octanol–water partition coefficient (Wildman–Crippen LogP) is 2.87. The van der Waals surface area contributed by atoms with Crippen LogP contribution in [0.4, 0.5) is 0 Å². The lowest BCUT2D eigenvalue weighted by molar-refractivity contribution is 0.251. The van der Waals surface area contributed by atoms with Crippen LogP contribution >= 0.6 is 0 Å². The van der Waals surface area contributed by atoms with E-state index in [0.29, 0.717) is 12.1 Å². The summed E-state index contributed by atoms with van der Waals surface area (Å²) in [4.78, 5) is 0. The van der Waals surface area contributed by atoms with Crippen molar-refractivity contribution in [1.82, 2.24) is 10.6 Å². The molecule has 2 nitrogen and oxygen atoms in total. The van der Waals surface area contributed by atoms with Crippen LogP contribution in [0.5, 0.6) is 0 Å². The van der Waals surface area contributed by atoms with Crippen molar-refractivity contribution in [1.29, 1.82) is 0 Å². The number of rotatable bonds is 2. The average Bonchev–Trinajstić information content (AvgIpc) is 2.29. The van der Waals surface area contributed by atoms with Crippen molar-refractivity contribution < 1.29 is 0 Å². The molecule has 94 valence electrons. The van der Waals surface area contributed by atoms with Crippen LogP contribution in [0.2, 0.25) is 0 Å². The molecule has 1 aliphatic heterocycles. The molecular weight excluding hydrogens is 208 g/mol. The van der Waals surface area contributed by atoms with Crippen molar-refractivity contribution in [3.8, 4) is 0 Å². The van der Waals surface area contributed by atoms with E-state index in [1.54, 1.807) is 0 Å². The molecule has 0 amide bonds. The van der Waals surface area contributed by atoms with E-state index in [-0.39, 0.29) is 5.54 Å². The van der Waals surface area contributed by atoms with Crippen molar-refractivity contribution in [2.45, 2.75) is 51.2 Å². The Balaban J connectivity index is 2.13. The number of nitrogens with one attached hydrogen (secondary N) is 2. The summed E-state index contributed by atoms with van der Waals surface area (Å²) < 4.78 is 0. The molecule has 1 saturated heterocycles. The second-order valence-corrected chi connectivity index (χ2v) is 5.99. The van der Waals surface area contributed by atoms with Crippen LogP contribution in [0.1, 0.15) is 45.2 Å². The summed E-state index contributed by atoms with van der Waals surface area (Å²) in [7, 11) is 0. The predicted molar refractivity (Wildman–Crippen MR) is 73.1 cm³/mol. The van der Waals surface area contributed by atoms with Gasteiger partial charge in [-0.15, -0.1) is 0 Å². The van der Waals surface area contributed by atoms with Gasteiger partial charge in [-0.1, -0.05) is 30.3 Å². The van der Waals surface area contributed by atoms with Gasteiger partial charge in [0.15, 0.2) is 0 Å². The molecule has 2 atom stereocenters. The van der Waals surface area contributed by atoms with Crippen LogP contribution in [0.15, 0.2) is 30.3 Å². The van der Waals surface area contributed by atoms with Gasteiger partial charge < -0.3 is 10.6 Å². The molecule has 1 heterocycles. The molecule has 2 rings (SSSR count). The molecule has 0 aliphatic carbocycles. The molecule has 1 aromatic rings. The topological polar surface area (TPSA) is 24.1 Å². The standard InChI is InChI=1S/C15H24N2/c1-15(2,3)17-13-10-7-11-16-14(13)12-8-5-4-6-9-12/h4-6,8-9,13-14,16-17H,7,10-11H2,1-3H3. The van der Waals surface area contributed by atoms with Gasteiger partial charge in [-0.25, -0.2) is 0 Å². The molecule has 0 bridgehead atoms. The summed E-state index contributed by atoms with van der Waals surface area (Å²) in [6.45, 7) is 7.85. The van der Waals surface area contributed by atoms with Crippen LogP contribution in [0.3, 0.4) is 0 Å². The Morgan fingerprint density at radius 3 is 2.53 bits per heavy atom. The number of hydrogen-bond donors (Lipinski definition) is 2. The smallest absolute Gasteiger partial charge is 0.0476 e. The van der Waals surface area contributed by atoms with Crippen LogP contribution in [0.25, 0.3) is 0 Å². The monoisotopic (exact) mass is 232 g/mol. The van der Waals surface area contributed by atoms with Crippen LogP contribution in [-0.4, -0.2) is 18.1 Å². The third-order valence-corrected chi connectivity index (χ3v) is 3.24. The summed E-state index contributed by atoms with van der Waals surface area (Å²) >= 11 is 0. The number of hydrogen-bond acceptors (Lipinski definition) is 2. The van der Waals surface area contributed by atoms with E-state index in [2.05, 4.69) is 61.7 Å². The third kappa shape index (κ3) is 3.55. The molecule has 1 aliphatic rings. The molecule has 0 spiro atoms. The molecule has 17 heavy (non-hydrogen) atoms. The van der Waals surface area contributed by atoms with Crippen molar-refractivity contribution in [3.63, 3.8) is 0 Å². The van der Waals surface area contributed by atoms with Crippen molar-refractivity contribution in [2.75, 3.05) is 6.54 Å². The van der Waals surface area contributed by atoms with E-state index >= 15 is 0 Å². The zero-order chi connectivity index (χ0) is 12.3. The Morgan fingerprint density at radius 1 is 1.18 bits per heavy atom. The lowest BCUT2D eigenvalue weighted by Crippen LogP contribution is -2.52. The fourth-order valence-electron chi connectivity index (χ4n) is 2.61. The van der Waals surface area contributed by atoms with E-state index in [0.717, 1.165) is 6.54 Å². The highest BCUT2D eigenvalue weighted by molar-refractivity contribution is 5.21. The van der Waals surface area contributed by atoms with Gasteiger partial charge in [0, 0.05) is 17.6 Å². The molecule has 1 fully saturated rings. The Hall–Kier alpha value is -0.860. The summed E-state index contributed by atoms with van der Waals surface area (Å²) in [6, 6.07) is 11.8. The summed E-state index contributed by atoms with van der Waals surface area (Å²) in [5, 5.41) is 7.39. The Kier molecular flexibility index (Phi) is 3.85. The van der Waals surface area contributed by atoms with E-state index in [1.807, 2.05) is 0 Å². The average molecular weight is 232 g/mol. The molecular formula is C15H24N2. The van der Waals surface area contributed by atoms with Crippen LogP contribution in [-0.2, 0) is 0 Å². The van der Waals surface area contributed by atoms with E-state index in [9.17, 15) is 0 Å². The lowest BCUT2D eigenvalue weighted by atomic mass is 9.90. The normalized spacial score (nSPS) is 25.8. The highest BCUT2D eigenvalue weighted by Gasteiger charge is 2.28. The third-order valence-electron chi connectivity index (χ3n) is 3.24. The Morgan fingerprint density at radius 2 is 1.88 bits per heavy atom. The van der Waals surface area contributed by atoms with Gasteiger partial charge in [0.05, 0.1) is 0 Å². The first-order valence-electron chi connectivity index (χ1n) is 6.62. The molecule has 2 N–H and O–H groups in total. The first-order chi connectivity index (χ1) is 8.06. The molecule has 0 radical (unpaired) electrons. The molecule has 2 heteroatoms. The largest absolute Gasteiger partial charge is 0.309 e. The van der Waals surface area contributed by atoms with Gasteiger partial charge in [-0.05, 0) is 45.7 Å². The van der Waals surface area contributed by atoms with Crippen LogP contribution < -0.4 is 10.6 Å². The maximum absolute atomic E-state index is 3.74. The number of piperidine rings is 1. The first kappa shape index (κ1) is 12.6. The molecule has 0 aromatic heterocycles. The Bertz CT molecular complexity index is 340. The second-order valence-electron chi connectivity index (χ2n) is 5.99. The van der Waals surface area contributed by atoms with E-state index in [4.69, 9.17) is 0 Å². The SMILES string of the molecule is CC(C)(C)NC1CCCNC1c1ccccc1. The van der Waals surface area contributed by atoms with Crippen LogP contribution in [0, 0.1) is 0 Å².